The summed E-state index contributed by atoms with van der Waals surface area (Å²) in [5, 5.41) is 0. The summed E-state index contributed by atoms with van der Waals surface area (Å²) in [4.78, 5) is 20.1. The first-order valence-corrected chi connectivity index (χ1v) is 5.17. The number of esters is 1. The molecule has 84 valence electrons. The lowest BCUT2D eigenvalue weighted by Crippen LogP contribution is -1.95. The first kappa shape index (κ1) is 15.6. The van der Waals surface area contributed by atoms with Crippen molar-refractivity contribution in [1.82, 2.24) is 0 Å². The Bertz CT molecular complexity index is 153. The minimum Gasteiger partial charge on any atom is -0.466 e. The summed E-state index contributed by atoms with van der Waals surface area (Å²) in [5.41, 5.74) is 0. The van der Waals surface area contributed by atoms with Gasteiger partial charge in [0.1, 0.15) is 5.78 Å². The molecule has 0 radical (unpaired) electrons. The highest BCUT2D eigenvalue weighted by atomic mass is 16.5. The van der Waals surface area contributed by atoms with Crippen molar-refractivity contribution >= 4 is 11.8 Å². The van der Waals surface area contributed by atoms with Crippen LogP contribution in [0.4, 0.5) is 0 Å². The van der Waals surface area contributed by atoms with E-state index in [1.807, 2.05) is 0 Å². The van der Waals surface area contributed by atoms with Crippen LogP contribution in [0.15, 0.2) is 0 Å². The molecule has 0 aromatic rings. The zero-order valence-electron chi connectivity index (χ0n) is 9.76. The molecule has 3 heteroatoms. The summed E-state index contributed by atoms with van der Waals surface area (Å²) < 4.78 is 4.40. The van der Waals surface area contributed by atoms with Gasteiger partial charge in [0.15, 0.2) is 0 Å². The number of hydrogen-bond acceptors (Lipinski definition) is 3. The number of rotatable bonds is 5. The molecule has 0 rings (SSSR count). The van der Waals surface area contributed by atoms with Gasteiger partial charge >= 0.3 is 5.97 Å². The van der Waals surface area contributed by atoms with Crippen molar-refractivity contribution in [2.75, 3.05) is 6.61 Å². The normalized spacial score (nSPS) is 8.57. The van der Waals surface area contributed by atoms with Gasteiger partial charge in [0.2, 0.25) is 0 Å². The molecule has 0 atom stereocenters. The molecule has 0 aliphatic heterocycles. The van der Waals surface area contributed by atoms with Crippen LogP contribution in [-0.4, -0.2) is 18.4 Å². The summed E-state index contributed by atoms with van der Waals surface area (Å²) in [5.74, 6) is 0.107. The monoisotopic (exact) mass is 202 g/mol. The number of ketones is 1. The smallest absolute Gasteiger partial charge is 0.302 e. The van der Waals surface area contributed by atoms with E-state index < -0.39 is 0 Å². The van der Waals surface area contributed by atoms with Crippen LogP contribution in [-0.2, 0) is 14.3 Å². The Morgan fingerprint density at radius 3 is 1.86 bits per heavy atom. The number of unbranched alkanes of at least 4 members (excludes halogenated alkanes) is 2. The van der Waals surface area contributed by atoms with Crippen molar-refractivity contribution in [3.63, 3.8) is 0 Å². The van der Waals surface area contributed by atoms with Crippen molar-refractivity contribution in [1.29, 1.82) is 0 Å². The van der Waals surface area contributed by atoms with Crippen molar-refractivity contribution < 1.29 is 14.3 Å². The number of hydrogen-bond donors (Lipinski definition) is 0. The van der Waals surface area contributed by atoms with Gasteiger partial charge in [0, 0.05) is 13.3 Å². The quantitative estimate of drug-likeness (QED) is 0.508. The van der Waals surface area contributed by atoms with E-state index in [-0.39, 0.29) is 5.97 Å². The maximum absolute atomic E-state index is 10.3. The molecular weight excluding hydrogens is 180 g/mol. The molecule has 0 saturated heterocycles. The van der Waals surface area contributed by atoms with Crippen molar-refractivity contribution in [2.45, 2.75) is 53.4 Å². The third kappa shape index (κ3) is 22.5. The molecule has 0 N–H and O–H groups in total. The van der Waals surface area contributed by atoms with Crippen LogP contribution >= 0.6 is 0 Å². The van der Waals surface area contributed by atoms with Crippen molar-refractivity contribution in [3.05, 3.63) is 0 Å². The van der Waals surface area contributed by atoms with Crippen molar-refractivity contribution in [3.8, 4) is 0 Å². The van der Waals surface area contributed by atoms with E-state index in [4.69, 9.17) is 0 Å². The Morgan fingerprint density at radius 1 is 1.07 bits per heavy atom. The zero-order valence-corrected chi connectivity index (χ0v) is 9.76. The molecule has 0 unspecified atom stereocenters. The summed E-state index contributed by atoms with van der Waals surface area (Å²) in [6, 6.07) is 0. The van der Waals surface area contributed by atoms with E-state index >= 15 is 0 Å². The maximum atomic E-state index is 10.3. The fourth-order valence-corrected chi connectivity index (χ4v) is 0.827. The van der Waals surface area contributed by atoms with Crippen molar-refractivity contribution in [2.24, 2.45) is 0 Å². The third-order valence-electron chi connectivity index (χ3n) is 1.48. The largest absolute Gasteiger partial charge is 0.466 e. The first-order valence-electron chi connectivity index (χ1n) is 5.17. The summed E-state index contributed by atoms with van der Waals surface area (Å²) in [7, 11) is 0. The Morgan fingerprint density at radius 2 is 1.64 bits per heavy atom. The molecule has 0 bridgehead atoms. The van der Waals surface area contributed by atoms with Gasteiger partial charge in [-0.2, -0.15) is 0 Å². The average Bonchev–Trinajstić information content (AvgIpc) is 2.05. The van der Waals surface area contributed by atoms with Crippen LogP contribution in [0.25, 0.3) is 0 Å². The molecular formula is C11H22O3. The van der Waals surface area contributed by atoms with E-state index in [0.29, 0.717) is 12.4 Å². The Labute approximate surface area is 86.8 Å². The minimum absolute atomic E-state index is 0.211. The third-order valence-corrected chi connectivity index (χ3v) is 1.48. The molecule has 0 spiro atoms. The highest BCUT2D eigenvalue weighted by Crippen LogP contribution is 1.98. The number of ether oxygens (including phenoxy) is 1. The zero-order chi connectivity index (χ0) is 11.4. The minimum atomic E-state index is -0.211. The van der Waals surface area contributed by atoms with Gasteiger partial charge < -0.3 is 9.53 Å². The lowest BCUT2D eigenvalue weighted by molar-refractivity contribution is -0.140. The molecule has 3 nitrogen and oxygen atoms in total. The molecule has 0 heterocycles. The second-order valence-electron chi connectivity index (χ2n) is 3.08. The van der Waals surface area contributed by atoms with E-state index in [2.05, 4.69) is 11.7 Å². The maximum Gasteiger partial charge on any atom is 0.302 e. The van der Waals surface area contributed by atoms with E-state index in [1.54, 1.807) is 13.8 Å². The van der Waals surface area contributed by atoms with Gasteiger partial charge in [-0.3, -0.25) is 4.79 Å². The topological polar surface area (TPSA) is 43.4 Å². The molecule has 0 aromatic heterocycles. The van der Waals surface area contributed by atoms with Crippen LogP contribution in [0.5, 0.6) is 0 Å². The van der Waals surface area contributed by atoms with Crippen LogP contribution in [0.1, 0.15) is 53.4 Å². The second-order valence-corrected chi connectivity index (χ2v) is 3.08. The molecule has 0 aromatic carbocycles. The van der Waals surface area contributed by atoms with Gasteiger partial charge in [0.25, 0.3) is 0 Å². The van der Waals surface area contributed by atoms with Gasteiger partial charge in [-0.15, -0.1) is 0 Å². The fourth-order valence-electron chi connectivity index (χ4n) is 0.827. The highest BCUT2D eigenvalue weighted by molar-refractivity contribution is 5.75. The Hall–Kier alpha value is -0.860. The molecule has 0 amide bonds. The fraction of sp³-hybridized carbons (Fsp3) is 0.818. The summed E-state index contributed by atoms with van der Waals surface area (Å²) in [6.07, 6.45) is 4.24. The molecule has 0 fully saturated rings. The predicted molar refractivity (Wildman–Crippen MR) is 57.1 cm³/mol. The molecule has 0 aliphatic carbocycles. The number of carbonyl (C=O) groups is 2. The SMILES string of the molecule is CCCCCC(C)=O.CCOC(C)=O. The van der Waals surface area contributed by atoms with Crippen LogP contribution in [0.2, 0.25) is 0 Å². The second kappa shape index (κ2) is 12.1. The first-order chi connectivity index (χ1) is 6.54. The van der Waals surface area contributed by atoms with Gasteiger partial charge in [-0.05, 0) is 20.3 Å². The highest BCUT2D eigenvalue weighted by Gasteiger charge is 1.89. The Balaban J connectivity index is 0. The standard InChI is InChI=1S/C7H14O.C4H8O2/c1-3-4-5-6-7(2)8;1-3-6-4(2)5/h3-6H2,1-2H3;3H2,1-2H3. The Kier molecular flexibility index (Phi) is 13.5. The summed E-state index contributed by atoms with van der Waals surface area (Å²) >= 11 is 0. The van der Waals surface area contributed by atoms with Gasteiger partial charge in [-0.1, -0.05) is 19.8 Å². The van der Waals surface area contributed by atoms with E-state index in [9.17, 15) is 9.59 Å². The average molecular weight is 202 g/mol. The molecule has 0 aliphatic rings. The number of carbonyl (C=O) groups excluding carboxylic acids is 2. The van der Waals surface area contributed by atoms with Gasteiger partial charge in [-0.25, -0.2) is 0 Å². The van der Waals surface area contributed by atoms with Crippen LogP contribution in [0.3, 0.4) is 0 Å². The van der Waals surface area contributed by atoms with Gasteiger partial charge in [0.05, 0.1) is 6.61 Å². The lowest BCUT2D eigenvalue weighted by atomic mass is 10.2. The molecule has 14 heavy (non-hydrogen) atoms. The van der Waals surface area contributed by atoms with Crippen LogP contribution in [0, 0.1) is 0 Å². The van der Waals surface area contributed by atoms with E-state index in [1.165, 1.54) is 19.8 Å². The predicted octanol–water partition coefficient (Wildman–Crippen LogP) is 2.73. The van der Waals surface area contributed by atoms with Crippen LogP contribution < -0.4 is 0 Å². The lowest BCUT2D eigenvalue weighted by Gasteiger charge is -1.90. The number of Topliss-reactive ketones (excluding diaryl/α,β-unsaturated/α-hetero) is 1. The molecule has 0 saturated carbocycles. The summed E-state index contributed by atoms with van der Waals surface area (Å²) in [6.45, 7) is 7.44. The van der Waals surface area contributed by atoms with E-state index in [0.717, 1.165) is 12.8 Å².